The van der Waals surface area contributed by atoms with Gasteiger partial charge in [-0.15, -0.1) is 0 Å². The third kappa shape index (κ3) is 29.3. The molecule has 180 valence electrons. The van der Waals surface area contributed by atoms with Crippen molar-refractivity contribution in [1.29, 1.82) is 0 Å². The molecule has 0 radical (unpaired) electrons. The summed E-state index contributed by atoms with van der Waals surface area (Å²) in [6.45, 7) is 5.74. The maximum absolute atomic E-state index is 11.9. The first-order valence-corrected chi connectivity index (χ1v) is 12.9. The smallest absolute Gasteiger partial charge is 0.332 e. The van der Waals surface area contributed by atoms with Crippen molar-refractivity contribution in [3.63, 3.8) is 0 Å². The zero-order valence-electron chi connectivity index (χ0n) is 20.4. The van der Waals surface area contributed by atoms with Gasteiger partial charge < -0.3 is 10.2 Å². The lowest BCUT2D eigenvalue weighted by atomic mass is 10.0. The van der Waals surface area contributed by atoms with Crippen LogP contribution in [0.2, 0.25) is 0 Å². The predicted molar refractivity (Wildman–Crippen MR) is 128 cm³/mol. The second-order valence-corrected chi connectivity index (χ2v) is 8.71. The van der Waals surface area contributed by atoms with E-state index in [-0.39, 0.29) is 0 Å². The number of carboxylic acids is 1. The molecule has 0 aromatic heterocycles. The summed E-state index contributed by atoms with van der Waals surface area (Å²) in [6.07, 6.45) is 24.5. The van der Waals surface area contributed by atoms with E-state index in [0.717, 1.165) is 25.7 Å². The summed E-state index contributed by atoms with van der Waals surface area (Å²) in [7, 11) is 0. The normalized spacial score (nSPS) is 11.6. The third-order valence-corrected chi connectivity index (χ3v) is 5.48. The lowest BCUT2D eigenvalue weighted by Gasteiger charge is -2.03. The van der Waals surface area contributed by atoms with Gasteiger partial charge in [0.1, 0.15) is 11.9 Å². The van der Waals surface area contributed by atoms with Crippen LogP contribution in [0.5, 0.6) is 0 Å². The van der Waals surface area contributed by atoms with E-state index in [0.29, 0.717) is 5.78 Å². The molecule has 0 spiro atoms. The lowest BCUT2D eigenvalue weighted by Crippen LogP contribution is -2.13. The van der Waals surface area contributed by atoms with Gasteiger partial charge in [0.15, 0.2) is 0 Å². The van der Waals surface area contributed by atoms with Crippen molar-refractivity contribution in [2.45, 2.75) is 155 Å². The number of hydrogen-bond donors (Lipinski definition) is 2. The fourth-order valence-electron chi connectivity index (χ4n) is 3.39. The van der Waals surface area contributed by atoms with E-state index in [4.69, 9.17) is 10.2 Å². The second-order valence-electron chi connectivity index (χ2n) is 8.71. The monoisotopic (exact) mass is 428 g/mol. The van der Waals surface area contributed by atoms with Crippen LogP contribution in [-0.4, -0.2) is 28.1 Å². The van der Waals surface area contributed by atoms with E-state index in [2.05, 4.69) is 13.8 Å². The van der Waals surface area contributed by atoms with E-state index in [1.165, 1.54) is 110 Å². The fraction of sp³-hybridized carbons (Fsp3) is 0.923. The van der Waals surface area contributed by atoms with Gasteiger partial charge in [0.2, 0.25) is 0 Å². The number of aliphatic hydroxyl groups excluding tert-OH is 1. The van der Waals surface area contributed by atoms with Crippen LogP contribution in [0, 0.1) is 0 Å². The van der Waals surface area contributed by atoms with Crippen molar-refractivity contribution in [2.75, 3.05) is 0 Å². The molecule has 1 atom stereocenters. The molecule has 0 aliphatic rings. The van der Waals surface area contributed by atoms with Crippen LogP contribution in [0.1, 0.15) is 149 Å². The molecule has 0 aliphatic carbocycles. The van der Waals surface area contributed by atoms with E-state index < -0.39 is 12.1 Å². The number of aliphatic hydroxyl groups is 1. The number of hydrogen-bond acceptors (Lipinski definition) is 3. The summed E-state index contributed by atoms with van der Waals surface area (Å²) in [5, 5.41) is 15.8. The zero-order chi connectivity index (χ0) is 22.9. The van der Waals surface area contributed by atoms with E-state index in [1.807, 2.05) is 0 Å². The predicted octanol–water partition coefficient (Wildman–Crippen LogP) is 7.85. The highest BCUT2D eigenvalue weighted by Gasteiger charge is 2.02. The van der Waals surface area contributed by atoms with Crippen molar-refractivity contribution in [3.8, 4) is 0 Å². The summed E-state index contributed by atoms with van der Waals surface area (Å²) in [5.41, 5.74) is 0. The molecule has 2 N–H and O–H groups in total. The van der Waals surface area contributed by atoms with Crippen molar-refractivity contribution in [2.24, 2.45) is 0 Å². The fourth-order valence-corrected chi connectivity index (χ4v) is 3.39. The minimum atomic E-state index is -1.23. The summed E-state index contributed by atoms with van der Waals surface area (Å²) < 4.78 is 0. The number of carbonyl (C=O) groups excluding carboxylic acids is 1. The Bertz CT molecular complexity index is 342. The highest BCUT2D eigenvalue weighted by atomic mass is 16.4. The molecule has 0 aromatic rings. The molecule has 4 nitrogen and oxygen atoms in total. The molecule has 0 heterocycles. The van der Waals surface area contributed by atoms with Gasteiger partial charge in [-0.2, -0.15) is 0 Å². The SMILES string of the molecule is CC(O)C(=O)O.CCCCCCCCCCCC(=O)CCCCCCCCCCC. The number of carboxylic acid groups (broad SMARTS) is 1. The molecule has 1 unspecified atom stereocenters. The van der Waals surface area contributed by atoms with E-state index in [9.17, 15) is 9.59 Å². The quantitative estimate of drug-likeness (QED) is 0.182. The number of aliphatic carboxylic acids is 1. The Labute approximate surface area is 187 Å². The first-order chi connectivity index (χ1) is 14.5. The summed E-state index contributed by atoms with van der Waals surface area (Å²) >= 11 is 0. The first-order valence-electron chi connectivity index (χ1n) is 12.9. The Balaban J connectivity index is 0. The number of unbranched alkanes of at least 4 members (excludes halogenated alkanes) is 16. The highest BCUT2D eigenvalue weighted by molar-refractivity contribution is 5.78. The van der Waals surface area contributed by atoms with Crippen LogP contribution >= 0.6 is 0 Å². The van der Waals surface area contributed by atoms with E-state index >= 15 is 0 Å². The Morgan fingerprint density at radius 2 is 0.800 bits per heavy atom. The van der Waals surface area contributed by atoms with Gasteiger partial charge in [-0.05, 0) is 19.8 Å². The maximum Gasteiger partial charge on any atom is 0.332 e. The van der Waals surface area contributed by atoms with Gasteiger partial charge in [0, 0.05) is 12.8 Å². The molecule has 4 heteroatoms. The molecule has 0 saturated carbocycles. The van der Waals surface area contributed by atoms with Gasteiger partial charge in [-0.25, -0.2) is 4.79 Å². The van der Waals surface area contributed by atoms with Crippen molar-refractivity contribution in [3.05, 3.63) is 0 Å². The van der Waals surface area contributed by atoms with Crippen molar-refractivity contribution in [1.82, 2.24) is 0 Å². The summed E-state index contributed by atoms with van der Waals surface area (Å²) in [4.78, 5) is 21.3. The zero-order valence-corrected chi connectivity index (χ0v) is 20.4. The Hall–Kier alpha value is -0.900. The first kappa shape index (κ1) is 31.3. The van der Waals surface area contributed by atoms with Gasteiger partial charge in [-0.1, -0.05) is 117 Å². The molecule has 0 fully saturated rings. The highest BCUT2D eigenvalue weighted by Crippen LogP contribution is 2.13. The summed E-state index contributed by atoms with van der Waals surface area (Å²) in [6, 6.07) is 0. The van der Waals surface area contributed by atoms with Crippen LogP contribution < -0.4 is 0 Å². The maximum atomic E-state index is 11.9. The molecule has 0 rings (SSSR count). The van der Waals surface area contributed by atoms with Crippen molar-refractivity contribution >= 4 is 11.8 Å². The third-order valence-electron chi connectivity index (χ3n) is 5.48. The number of ketones is 1. The molecule has 30 heavy (non-hydrogen) atoms. The van der Waals surface area contributed by atoms with Gasteiger partial charge in [-0.3, -0.25) is 4.79 Å². The molecule has 0 saturated heterocycles. The molecular formula is C26H52O4. The molecule has 0 amide bonds. The Morgan fingerprint density at radius 1 is 0.567 bits per heavy atom. The minimum Gasteiger partial charge on any atom is -0.479 e. The number of Topliss-reactive ketones (excluding diaryl/α,β-unsaturated/α-hetero) is 1. The van der Waals surface area contributed by atoms with Gasteiger partial charge in [0.25, 0.3) is 0 Å². The van der Waals surface area contributed by atoms with Crippen LogP contribution in [0.25, 0.3) is 0 Å². The average molecular weight is 429 g/mol. The van der Waals surface area contributed by atoms with Crippen LogP contribution in [0.4, 0.5) is 0 Å². The Kier molecular flexibility index (Phi) is 27.3. The minimum absolute atomic E-state index is 0.515. The number of rotatable bonds is 21. The number of carbonyl (C=O) groups is 2. The van der Waals surface area contributed by atoms with Crippen LogP contribution in [0.15, 0.2) is 0 Å². The topological polar surface area (TPSA) is 74.6 Å². The van der Waals surface area contributed by atoms with Crippen molar-refractivity contribution < 1.29 is 19.8 Å². The molecule has 0 aliphatic heterocycles. The van der Waals surface area contributed by atoms with Crippen LogP contribution in [0.3, 0.4) is 0 Å². The average Bonchev–Trinajstić information content (AvgIpc) is 2.71. The van der Waals surface area contributed by atoms with Crippen LogP contribution in [-0.2, 0) is 9.59 Å². The molecule has 0 aromatic carbocycles. The van der Waals surface area contributed by atoms with Gasteiger partial charge in [0.05, 0.1) is 0 Å². The second kappa shape index (κ2) is 26.1. The summed E-state index contributed by atoms with van der Waals surface area (Å²) in [5.74, 6) is -0.670. The van der Waals surface area contributed by atoms with E-state index in [1.54, 1.807) is 0 Å². The molecule has 0 bridgehead atoms. The molecular weight excluding hydrogens is 376 g/mol. The largest absolute Gasteiger partial charge is 0.479 e. The Morgan fingerprint density at radius 3 is 1.03 bits per heavy atom. The lowest BCUT2D eigenvalue weighted by molar-refractivity contribution is -0.145. The standard InChI is InChI=1S/C23H46O.C3H6O3/c1-3-5-7-9-11-13-15-17-19-21-23(24)22-20-18-16-14-12-10-8-6-4-2;1-2(4)3(5)6/h3-22H2,1-2H3;2,4H,1H3,(H,5,6). The van der Waals surface area contributed by atoms with Gasteiger partial charge >= 0.3 is 5.97 Å².